The summed E-state index contributed by atoms with van der Waals surface area (Å²) in [5.74, 6) is 0.555. The van der Waals surface area contributed by atoms with Gasteiger partial charge in [0.15, 0.2) is 11.5 Å². The van der Waals surface area contributed by atoms with E-state index in [1.807, 2.05) is 31.2 Å². The van der Waals surface area contributed by atoms with Gasteiger partial charge in [-0.2, -0.15) is 4.31 Å². The quantitative estimate of drug-likeness (QED) is 0.666. The minimum atomic E-state index is -3.59. The molecule has 136 valence electrons. The lowest BCUT2D eigenvalue weighted by Gasteiger charge is -2.30. The van der Waals surface area contributed by atoms with E-state index in [-0.39, 0.29) is 10.8 Å². The molecular weight excluding hydrogens is 372 g/mol. The molecule has 2 aromatic carbocycles. The van der Waals surface area contributed by atoms with Gasteiger partial charge >= 0.3 is 0 Å². The van der Waals surface area contributed by atoms with Crippen LogP contribution in [0.15, 0.2) is 51.8 Å². The van der Waals surface area contributed by atoms with Crippen molar-refractivity contribution in [2.45, 2.75) is 30.6 Å². The Morgan fingerprint density at radius 1 is 1.23 bits per heavy atom. The van der Waals surface area contributed by atoms with Gasteiger partial charge in [0.1, 0.15) is 5.52 Å². The number of aromatic nitrogens is 1. The number of para-hydroxylation sites is 2. The van der Waals surface area contributed by atoms with Gasteiger partial charge in [-0.25, -0.2) is 13.4 Å². The number of rotatable bonds is 3. The number of piperidine rings is 1. The van der Waals surface area contributed by atoms with Crippen molar-refractivity contribution in [3.05, 3.63) is 58.9 Å². The fourth-order valence-electron chi connectivity index (χ4n) is 3.31. The van der Waals surface area contributed by atoms with Crippen molar-refractivity contribution < 1.29 is 12.8 Å². The van der Waals surface area contributed by atoms with Crippen LogP contribution in [0.25, 0.3) is 11.1 Å². The molecule has 5 nitrogen and oxygen atoms in total. The molecule has 0 aliphatic carbocycles. The number of hydrogen-bond acceptors (Lipinski definition) is 4. The molecule has 0 bridgehead atoms. The summed E-state index contributed by atoms with van der Waals surface area (Å²) in [5, 5.41) is 0.457. The van der Waals surface area contributed by atoms with Gasteiger partial charge in [-0.05, 0) is 49.6 Å². The first-order valence-corrected chi connectivity index (χ1v) is 10.4. The maximum absolute atomic E-state index is 13.0. The van der Waals surface area contributed by atoms with Gasteiger partial charge in [-0.3, -0.25) is 0 Å². The average molecular weight is 391 g/mol. The number of oxazole rings is 1. The SMILES string of the molecule is Cc1ccc(S(=O)(=O)N2CCCC(c3nc4ccccc4o3)C2)cc1Cl. The first kappa shape index (κ1) is 17.5. The molecule has 0 amide bonds. The Kier molecular flexibility index (Phi) is 4.50. The third-order valence-electron chi connectivity index (χ3n) is 4.82. The van der Waals surface area contributed by atoms with Crippen LogP contribution in [0.4, 0.5) is 0 Å². The predicted molar refractivity (Wildman–Crippen MR) is 101 cm³/mol. The third-order valence-corrected chi connectivity index (χ3v) is 7.09. The molecule has 1 unspecified atom stereocenters. The molecule has 26 heavy (non-hydrogen) atoms. The average Bonchev–Trinajstić information content (AvgIpc) is 3.08. The van der Waals surface area contributed by atoms with E-state index < -0.39 is 10.0 Å². The summed E-state index contributed by atoms with van der Waals surface area (Å²) in [6.45, 7) is 2.70. The Balaban J connectivity index is 1.62. The van der Waals surface area contributed by atoms with Crippen molar-refractivity contribution in [3.63, 3.8) is 0 Å². The maximum atomic E-state index is 13.0. The molecule has 1 aliphatic rings. The normalized spacial score (nSPS) is 19.1. The molecule has 0 N–H and O–H groups in total. The highest BCUT2D eigenvalue weighted by Crippen LogP contribution is 2.32. The van der Waals surface area contributed by atoms with Crippen LogP contribution < -0.4 is 0 Å². The summed E-state index contributed by atoms with van der Waals surface area (Å²) in [6, 6.07) is 12.4. The Hall–Kier alpha value is -1.89. The van der Waals surface area contributed by atoms with E-state index in [4.69, 9.17) is 16.0 Å². The van der Waals surface area contributed by atoms with Crippen LogP contribution in [0.1, 0.15) is 30.2 Å². The standard InChI is InChI=1S/C19H19ClN2O3S/c1-13-8-9-15(11-16(13)20)26(23,24)22-10-4-5-14(12-22)19-21-17-6-2-3-7-18(17)25-19/h2-3,6-9,11,14H,4-5,10,12H2,1H3. The van der Waals surface area contributed by atoms with Gasteiger partial charge in [0.2, 0.25) is 10.0 Å². The van der Waals surface area contributed by atoms with E-state index in [1.165, 1.54) is 10.4 Å². The van der Waals surface area contributed by atoms with Gasteiger partial charge in [0.05, 0.1) is 4.90 Å². The van der Waals surface area contributed by atoms with Crippen LogP contribution in [0.3, 0.4) is 0 Å². The molecule has 0 spiro atoms. The highest BCUT2D eigenvalue weighted by atomic mass is 35.5. The lowest BCUT2D eigenvalue weighted by Crippen LogP contribution is -2.39. The second kappa shape index (κ2) is 6.68. The topological polar surface area (TPSA) is 63.4 Å². The molecule has 1 atom stereocenters. The second-order valence-corrected chi connectivity index (χ2v) is 8.98. The van der Waals surface area contributed by atoms with Gasteiger partial charge in [-0.15, -0.1) is 0 Å². The van der Waals surface area contributed by atoms with Crippen LogP contribution in [0, 0.1) is 6.92 Å². The van der Waals surface area contributed by atoms with E-state index >= 15 is 0 Å². The highest BCUT2D eigenvalue weighted by molar-refractivity contribution is 7.89. The number of hydrogen-bond donors (Lipinski definition) is 0. The zero-order chi connectivity index (χ0) is 18.3. The first-order chi connectivity index (χ1) is 12.4. The fraction of sp³-hybridized carbons (Fsp3) is 0.316. The van der Waals surface area contributed by atoms with Crippen molar-refractivity contribution in [1.29, 1.82) is 0 Å². The molecule has 1 saturated heterocycles. The summed E-state index contributed by atoms with van der Waals surface area (Å²) < 4.78 is 33.4. The number of benzene rings is 2. The van der Waals surface area contributed by atoms with Gasteiger partial charge in [0, 0.05) is 24.0 Å². The van der Waals surface area contributed by atoms with E-state index in [1.54, 1.807) is 12.1 Å². The van der Waals surface area contributed by atoms with Crippen LogP contribution in [-0.2, 0) is 10.0 Å². The second-order valence-electron chi connectivity index (χ2n) is 6.63. The lowest BCUT2D eigenvalue weighted by molar-refractivity contribution is 0.288. The van der Waals surface area contributed by atoms with Crippen molar-refractivity contribution in [1.82, 2.24) is 9.29 Å². The van der Waals surface area contributed by atoms with Crippen LogP contribution in [-0.4, -0.2) is 30.8 Å². The lowest BCUT2D eigenvalue weighted by atomic mass is 10.00. The fourth-order valence-corrected chi connectivity index (χ4v) is 5.11. The highest BCUT2D eigenvalue weighted by Gasteiger charge is 2.33. The molecule has 7 heteroatoms. The molecule has 2 heterocycles. The Morgan fingerprint density at radius 2 is 2.04 bits per heavy atom. The molecule has 1 fully saturated rings. The van der Waals surface area contributed by atoms with Crippen LogP contribution >= 0.6 is 11.6 Å². The zero-order valence-corrected chi connectivity index (χ0v) is 15.9. The minimum absolute atomic E-state index is 0.0492. The van der Waals surface area contributed by atoms with Crippen LogP contribution in [0.5, 0.6) is 0 Å². The number of sulfonamides is 1. The Bertz CT molecular complexity index is 1030. The van der Waals surface area contributed by atoms with Crippen molar-refractivity contribution >= 4 is 32.7 Å². The third kappa shape index (κ3) is 3.13. The molecule has 4 rings (SSSR count). The van der Waals surface area contributed by atoms with Gasteiger partial charge in [-0.1, -0.05) is 29.8 Å². The Morgan fingerprint density at radius 3 is 2.81 bits per heavy atom. The van der Waals surface area contributed by atoms with E-state index in [9.17, 15) is 8.42 Å². The van der Waals surface area contributed by atoms with Gasteiger partial charge in [0.25, 0.3) is 0 Å². The van der Waals surface area contributed by atoms with E-state index in [0.717, 1.165) is 29.5 Å². The van der Waals surface area contributed by atoms with Crippen molar-refractivity contribution in [2.24, 2.45) is 0 Å². The summed E-state index contributed by atoms with van der Waals surface area (Å²) >= 11 is 6.12. The van der Waals surface area contributed by atoms with E-state index in [2.05, 4.69) is 4.98 Å². The van der Waals surface area contributed by atoms with Crippen molar-refractivity contribution in [3.8, 4) is 0 Å². The van der Waals surface area contributed by atoms with E-state index in [0.29, 0.717) is 24.0 Å². The molecule has 0 saturated carbocycles. The van der Waals surface area contributed by atoms with Gasteiger partial charge < -0.3 is 4.42 Å². The largest absolute Gasteiger partial charge is 0.440 e. The smallest absolute Gasteiger partial charge is 0.243 e. The molecular formula is C19H19ClN2O3S. The number of aryl methyl sites for hydroxylation is 1. The predicted octanol–water partition coefficient (Wildman–Crippen LogP) is 4.36. The minimum Gasteiger partial charge on any atom is -0.440 e. The molecule has 1 aliphatic heterocycles. The number of halogens is 1. The summed E-state index contributed by atoms with van der Waals surface area (Å²) in [5.41, 5.74) is 2.38. The molecule has 1 aromatic heterocycles. The molecule has 3 aromatic rings. The number of fused-ring (bicyclic) bond motifs is 1. The zero-order valence-electron chi connectivity index (χ0n) is 14.4. The van der Waals surface area contributed by atoms with Crippen molar-refractivity contribution in [2.75, 3.05) is 13.1 Å². The van der Waals surface area contributed by atoms with Crippen LogP contribution in [0.2, 0.25) is 5.02 Å². The summed E-state index contributed by atoms with van der Waals surface area (Å²) in [7, 11) is -3.59. The summed E-state index contributed by atoms with van der Waals surface area (Å²) in [4.78, 5) is 4.77. The molecule has 0 radical (unpaired) electrons. The summed E-state index contributed by atoms with van der Waals surface area (Å²) in [6.07, 6.45) is 1.62. The Labute approximate surface area is 157 Å². The first-order valence-electron chi connectivity index (χ1n) is 8.57. The maximum Gasteiger partial charge on any atom is 0.243 e. The number of nitrogens with zero attached hydrogens (tertiary/aromatic N) is 2. The monoisotopic (exact) mass is 390 g/mol.